The Balaban J connectivity index is 2.78. The first-order valence-corrected chi connectivity index (χ1v) is 6.13. The highest BCUT2D eigenvalue weighted by atomic mass is 32.2. The Hall–Kier alpha value is -0.910. The Morgan fingerprint density at radius 1 is 1.27 bits per heavy atom. The van der Waals surface area contributed by atoms with E-state index in [9.17, 15) is 8.42 Å². The second-order valence-electron chi connectivity index (χ2n) is 4.13. The number of rotatable bonds is 4. The van der Waals surface area contributed by atoms with Crippen LogP contribution in [0.15, 0.2) is 35.2 Å². The van der Waals surface area contributed by atoms with E-state index in [1.165, 1.54) is 0 Å². The molecule has 1 aromatic carbocycles. The molecule has 0 radical (unpaired) electrons. The van der Waals surface area contributed by atoms with Crippen molar-refractivity contribution in [1.82, 2.24) is 4.72 Å². The molecule has 1 rings (SSSR count). The zero-order valence-corrected chi connectivity index (χ0v) is 9.71. The van der Waals surface area contributed by atoms with E-state index in [2.05, 4.69) is 4.72 Å². The van der Waals surface area contributed by atoms with Crippen LogP contribution < -0.4 is 10.5 Å². The van der Waals surface area contributed by atoms with Crippen molar-refractivity contribution in [2.45, 2.75) is 24.3 Å². The minimum absolute atomic E-state index is 0.213. The van der Waals surface area contributed by atoms with Crippen LogP contribution in [0.5, 0.6) is 0 Å². The summed E-state index contributed by atoms with van der Waals surface area (Å²) >= 11 is 0. The van der Waals surface area contributed by atoms with E-state index in [1.54, 1.807) is 44.2 Å². The second kappa shape index (κ2) is 4.30. The maximum atomic E-state index is 11.7. The fourth-order valence-electron chi connectivity index (χ4n) is 0.964. The fraction of sp³-hybridized carbons (Fsp3) is 0.400. The van der Waals surface area contributed by atoms with Gasteiger partial charge in [0.05, 0.1) is 4.90 Å². The zero-order valence-electron chi connectivity index (χ0n) is 8.90. The molecule has 0 unspecified atom stereocenters. The van der Waals surface area contributed by atoms with Crippen molar-refractivity contribution in [2.24, 2.45) is 5.73 Å². The monoisotopic (exact) mass is 228 g/mol. The SMILES string of the molecule is CC(C)(N)CNS(=O)(=O)c1ccccc1. The average Bonchev–Trinajstić information content (AvgIpc) is 2.16. The van der Waals surface area contributed by atoms with Crippen molar-refractivity contribution in [3.8, 4) is 0 Å². The summed E-state index contributed by atoms with van der Waals surface area (Å²) in [5, 5.41) is 0. The highest BCUT2D eigenvalue weighted by Crippen LogP contribution is 2.07. The van der Waals surface area contributed by atoms with Crippen LogP contribution in [-0.4, -0.2) is 20.5 Å². The van der Waals surface area contributed by atoms with Gasteiger partial charge in [0.1, 0.15) is 0 Å². The third-order valence-corrected chi connectivity index (χ3v) is 3.19. The highest BCUT2D eigenvalue weighted by molar-refractivity contribution is 7.89. The molecule has 84 valence electrons. The Bertz CT molecular complexity index is 407. The molecule has 5 heteroatoms. The van der Waals surface area contributed by atoms with Crippen LogP contribution in [0.3, 0.4) is 0 Å². The molecular weight excluding hydrogens is 212 g/mol. The molecule has 0 spiro atoms. The molecular formula is C10H16N2O2S. The quantitative estimate of drug-likeness (QED) is 0.797. The second-order valence-corrected chi connectivity index (χ2v) is 5.89. The summed E-state index contributed by atoms with van der Waals surface area (Å²) in [5.74, 6) is 0. The van der Waals surface area contributed by atoms with E-state index in [-0.39, 0.29) is 11.4 Å². The Labute approximate surface area is 90.5 Å². The van der Waals surface area contributed by atoms with E-state index in [4.69, 9.17) is 5.73 Å². The molecule has 0 aliphatic heterocycles. The number of sulfonamides is 1. The van der Waals surface area contributed by atoms with E-state index < -0.39 is 15.6 Å². The molecule has 0 fully saturated rings. The van der Waals surface area contributed by atoms with Crippen LogP contribution in [0.2, 0.25) is 0 Å². The molecule has 0 saturated carbocycles. The van der Waals surface area contributed by atoms with Gasteiger partial charge in [0.25, 0.3) is 0 Å². The van der Waals surface area contributed by atoms with Crippen molar-refractivity contribution >= 4 is 10.0 Å². The molecule has 3 N–H and O–H groups in total. The summed E-state index contributed by atoms with van der Waals surface area (Å²) in [6.07, 6.45) is 0. The molecule has 4 nitrogen and oxygen atoms in total. The number of nitrogens with two attached hydrogens (primary N) is 1. The third kappa shape index (κ3) is 3.99. The molecule has 0 heterocycles. The maximum Gasteiger partial charge on any atom is 0.240 e. The standard InChI is InChI=1S/C10H16N2O2S/c1-10(2,11)8-12-15(13,14)9-6-4-3-5-7-9/h3-7,12H,8,11H2,1-2H3. The molecule has 0 aliphatic rings. The lowest BCUT2D eigenvalue weighted by molar-refractivity contribution is 0.498. The summed E-state index contributed by atoms with van der Waals surface area (Å²) < 4.78 is 25.9. The molecule has 1 aromatic rings. The summed E-state index contributed by atoms with van der Waals surface area (Å²) in [7, 11) is -3.42. The molecule has 15 heavy (non-hydrogen) atoms. The van der Waals surface area contributed by atoms with Crippen LogP contribution in [0.25, 0.3) is 0 Å². The van der Waals surface area contributed by atoms with E-state index in [0.29, 0.717) is 0 Å². The van der Waals surface area contributed by atoms with Gasteiger partial charge in [0.2, 0.25) is 10.0 Å². The Morgan fingerprint density at radius 3 is 2.27 bits per heavy atom. The number of hydrogen-bond donors (Lipinski definition) is 2. The summed E-state index contributed by atoms with van der Waals surface area (Å²) in [6.45, 7) is 3.74. The van der Waals surface area contributed by atoms with Gasteiger partial charge in [-0.05, 0) is 26.0 Å². The third-order valence-electron chi connectivity index (χ3n) is 1.77. The number of benzene rings is 1. The van der Waals surface area contributed by atoms with E-state index in [1.807, 2.05) is 0 Å². The largest absolute Gasteiger partial charge is 0.324 e. The zero-order chi connectivity index (χ0) is 11.5. The predicted molar refractivity (Wildman–Crippen MR) is 59.9 cm³/mol. The van der Waals surface area contributed by atoms with Crippen molar-refractivity contribution in [3.05, 3.63) is 30.3 Å². The lowest BCUT2D eigenvalue weighted by Crippen LogP contribution is -2.45. The Morgan fingerprint density at radius 2 is 1.80 bits per heavy atom. The van der Waals surface area contributed by atoms with Gasteiger partial charge in [-0.15, -0.1) is 0 Å². The van der Waals surface area contributed by atoms with E-state index >= 15 is 0 Å². The van der Waals surface area contributed by atoms with Gasteiger partial charge in [-0.2, -0.15) is 0 Å². The van der Waals surface area contributed by atoms with Crippen LogP contribution in [0, 0.1) is 0 Å². The van der Waals surface area contributed by atoms with Crippen molar-refractivity contribution < 1.29 is 8.42 Å². The summed E-state index contributed by atoms with van der Waals surface area (Å²) in [6, 6.07) is 8.23. The lowest BCUT2D eigenvalue weighted by Gasteiger charge is -2.18. The van der Waals surface area contributed by atoms with E-state index in [0.717, 1.165) is 0 Å². The van der Waals surface area contributed by atoms with Crippen LogP contribution in [0.1, 0.15) is 13.8 Å². The maximum absolute atomic E-state index is 11.7. The Kier molecular flexibility index (Phi) is 3.49. The normalized spacial score (nSPS) is 12.7. The first kappa shape index (κ1) is 12.2. The first-order chi connectivity index (χ1) is 6.81. The summed E-state index contributed by atoms with van der Waals surface area (Å²) in [5.41, 5.74) is 5.14. The van der Waals surface area contributed by atoms with Crippen molar-refractivity contribution in [3.63, 3.8) is 0 Å². The van der Waals surface area contributed by atoms with Gasteiger partial charge in [-0.3, -0.25) is 0 Å². The molecule has 0 amide bonds. The minimum Gasteiger partial charge on any atom is -0.324 e. The van der Waals surface area contributed by atoms with Gasteiger partial charge in [-0.1, -0.05) is 18.2 Å². The molecule has 0 saturated heterocycles. The van der Waals surface area contributed by atoms with Crippen LogP contribution in [0.4, 0.5) is 0 Å². The van der Waals surface area contributed by atoms with Gasteiger partial charge in [-0.25, -0.2) is 13.1 Å². The topological polar surface area (TPSA) is 72.2 Å². The van der Waals surface area contributed by atoms with Gasteiger partial charge in [0.15, 0.2) is 0 Å². The fourth-order valence-corrected chi connectivity index (χ4v) is 2.21. The lowest BCUT2D eigenvalue weighted by atomic mass is 10.1. The van der Waals surface area contributed by atoms with Crippen molar-refractivity contribution in [2.75, 3.05) is 6.54 Å². The van der Waals surface area contributed by atoms with Gasteiger partial charge >= 0.3 is 0 Å². The average molecular weight is 228 g/mol. The van der Waals surface area contributed by atoms with Gasteiger partial charge < -0.3 is 5.73 Å². The molecule has 0 aliphatic carbocycles. The van der Waals surface area contributed by atoms with Crippen LogP contribution in [-0.2, 0) is 10.0 Å². The smallest absolute Gasteiger partial charge is 0.240 e. The number of nitrogens with one attached hydrogen (secondary N) is 1. The van der Waals surface area contributed by atoms with Crippen molar-refractivity contribution in [1.29, 1.82) is 0 Å². The van der Waals surface area contributed by atoms with Crippen LogP contribution >= 0.6 is 0 Å². The first-order valence-electron chi connectivity index (χ1n) is 4.65. The number of hydrogen-bond acceptors (Lipinski definition) is 3. The predicted octanol–water partition coefficient (Wildman–Crippen LogP) is 0.702. The molecule has 0 atom stereocenters. The van der Waals surface area contributed by atoms with Gasteiger partial charge in [0, 0.05) is 12.1 Å². The summed E-state index contributed by atoms with van der Waals surface area (Å²) in [4.78, 5) is 0.259. The molecule has 0 aromatic heterocycles. The highest BCUT2D eigenvalue weighted by Gasteiger charge is 2.17. The molecule has 0 bridgehead atoms. The minimum atomic E-state index is -3.42.